The highest BCUT2D eigenvalue weighted by atomic mass is 19.4. The standard InChI is InChI=1S/C17H13F6N7O/c18-16(19,20)8-4-9(17(21,22)23)6-10(5-8)30-12-3-1-2-11(12)14(27-30)15(31)24-7-13-25-28-29-26-13/h4-6H,1-3,7H2,(H,24,31)(H,25,26,28,29). The van der Waals surface area contributed by atoms with E-state index >= 15 is 0 Å². The summed E-state index contributed by atoms with van der Waals surface area (Å²) in [6, 6.07) is 1.22. The maximum atomic E-state index is 13.2. The predicted molar refractivity (Wildman–Crippen MR) is 90.9 cm³/mol. The number of nitrogens with zero attached hydrogens (tertiary/aromatic N) is 5. The van der Waals surface area contributed by atoms with Gasteiger partial charge in [0.2, 0.25) is 0 Å². The van der Waals surface area contributed by atoms with E-state index < -0.39 is 35.1 Å². The molecule has 164 valence electrons. The number of benzene rings is 1. The molecule has 0 aliphatic heterocycles. The minimum atomic E-state index is -4.99. The number of hydrogen-bond donors (Lipinski definition) is 2. The first kappa shape index (κ1) is 20.8. The molecule has 2 heterocycles. The van der Waals surface area contributed by atoms with Crippen molar-refractivity contribution in [2.75, 3.05) is 0 Å². The summed E-state index contributed by atoms with van der Waals surface area (Å²) >= 11 is 0. The fraction of sp³-hybridized carbons (Fsp3) is 0.353. The average molecular weight is 445 g/mol. The fourth-order valence-corrected chi connectivity index (χ4v) is 3.39. The summed E-state index contributed by atoms with van der Waals surface area (Å²) in [5.41, 5.74) is -2.52. The number of aromatic amines is 1. The number of carbonyl (C=O) groups is 1. The molecular formula is C17H13F6N7O. The third-order valence-corrected chi connectivity index (χ3v) is 4.76. The molecule has 1 aliphatic rings. The van der Waals surface area contributed by atoms with Crippen molar-refractivity contribution in [3.63, 3.8) is 0 Å². The van der Waals surface area contributed by atoms with Crippen LogP contribution in [-0.4, -0.2) is 36.3 Å². The maximum absolute atomic E-state index is 13.2. The largest absolute Gasteiger partial charge is 0.416 e. The second-order valence-corrected chi connectivity index (χ2v) is 6.81. The quantitative estimate of drug-likeness (QED) is 0.602. The molecule has 1 aromatic carbocycles. The smallest absolute Gasteiger partial charge is 0.343 e. The number of hydrogen-bond acceptors (Lipinski definition) is 5. The molecule has 0 unspecified atom stereocenters. The summed E-state index contributed by atoms with van der Waals surface area (Å²) in [6.45, 7) is -0.0846. The first-order valence-corrected chi connectivity index (χ1v) is 8.95. The van der Waals surface area contributed by atoms with Crippen LogP contribution in [0.3, 0.4) is 0 Å². The number of halogens is 6. The van der Waals surface area contributed by atoms with Gasteiger partial charge in [0.15, 0.2) is 11.5 Å². The predicted octanol–water partition coefficient (Wildman–Crippen LogP) is 2.84. The number of alkyl halides is 6. The van der Waals surface area contributed by atoms with Crippen molar-refractivity contribution in [3.8, 4) is 5.69 Å². The van der Waals surface area contributed by atoms with Gasteiger partial charge in [-0.05, 0) is 37.5 Å². The second-order valence-electron chi connectivity index (χ2n) is 6.81. The van der Waals surface area contributed by atoms with Gasteiger partial charge in [-0.25, -0.2) is 4.68 Å². The van der Waals surface area contributed by atoms with Crippen molar-refractivity contribution in [2.45, 2.75) is 38.2 Å². The summed E-state index contributed by atoms with van der Waals surface area (Å²) < 4.78 is 80.3. The zero-order valence-electron chi connectivity index (χ0n) is 15.5. The van der Waals surface area contributed by atoms with Crippen molar-refractivity contribution >= 4 is 5.91 Å². The van der Waals surface area contributed by atoms with E-state index in [1.165, 1.54) is 0 Å². The number of carbonyl (C=O) groups excluding carboxylic acids is 1. The van der Waals surface area contributed by atoms with Crippen LogP contribution < -0.4 is 5.32 Å². The summed E-state index contributed by atoms with van der Waals surface area (Å²) in [5, 5.41) is 19.5. The molecule has 2 aromatic heterocycles. The van der Waals surface area contributed by atoms with Crippen molar-refractivity contribution < 1.29 is 31.1 Å². The minimum absolute atomic E-state index is 0.0474. The van der Waals surface area contributed by atoms with E-state index in [0.717, 1.165) is 4.68 Å². The van der Waals surface area contributed by atoms with E-state index in [-0.39, 0.29) is 24.1 Å². The molecule has 0 saturated carbocycles. The lowest BCUT2D eigenvalue weighted by Crippen LogP contribution is -2.25. The van der Waals surface area contributed by atoms with E-state index in [0.29, 0.717) is 42.7 Å². The van der Waals surface area contributed by atoms with E-state index in [2.05, 4.69) is 31.0 Å². The molecule has 14 heteroatoms. The number of H-pyrrole nitrogens is 1. The molecule has 8 nitrogen and oxygen atoms in total. The van der Waals surface area contributed by atoms with Crippen LogP contribution in [0, 0.1) is 0 Å². The van der Waals surface area contributed by atoms with Gasteiger partial charge in [-0.1, -0.05) is 5.21 Å². The lowest BCUT2D eigenvalue weighted by molar-refractivity contribution is -0.143. The minimum Gasteiger partial charge on any atom is -0.343 e. The molecule has 0 fully saturated rings. The Hall–Kier alpha value is -3.45. The number of amides is 1. The molecule has 0 atom stereocenters. The molecule has 0 bridgehead atoms. The number of rotatable bonds is 4. The monoisotopic (exact) mass is 445 g/mol. The maximum Gasteiger partial charge on any atom is 0.416 e. The van der Waals surface area contributed by atoms with Gasteiger partial charge in [0, 0.05) is 11.3 Å². The van der Waals surface area contributed by atoms with E-state index in [9.17, 15) is 31.1 Å². The highest BCUT2D eigenvalue weighted by molar-refractivity contribution is 5.94. The van der Waals surface area contributed by atoms with Gasteiger partial charge < -0.3 is 5.32 Å². The molecule has 1 aliphatic carbocycles. The van der Waals surface area contributed by atoms with Gasteiger partial charge in [-0.15, -0.1) is 10.2 Å². The second kappa shape index (κ2) is 7.35. The van der Waals surface area contributed by atoms with E-state index in [1.54, 1.807) is 0 Å². The topological polar surface area (TPSA) is 101 Å². The van der Waals surface area contributed by atoms with Crippen LogP contribution in [0.2, 0.25) is 0 Å². The molecule has 4 rings (SSSR count). The Morgan fingerprint density at radius 3 is 2.32 bits per heavy atom. The first-order chi connectivity index (χ1) is 14.5. The molecule has 2 N–H and O–H groups in total. The normalized spacial score (nSPS) is 14.0. The Morgan fingerprint density at radius 1 is 1.06 bits per heavy atom. The summed E-state index contributed by atoms with van der Waals surface area (Å²) in [5.74, 6) is -0.457. The molecule has 0 radical (unpaired) electrons. The molecule has 31 heavy (non-hydrogen) atoms. The Morgan fingerprint density at radius 2 is 1.74 bits per heavy atom. The van der Waals surface area contributed by atoms with Gasteiger partial charge in [0.05, 0.1) is 23.4 Å². The van der Waals surface area contributed by atoms with Crippen molar-refractivity contribution in [2.24, 2.45) is 0 Å². The number of tetrazole rings is 1. The lowest BCUT2D eigenvalue weighted by atomic mass is 10.1. The summed E-state index contributed by atoms with van der Waals surface area (Å²) in [7, 11) is 0. The fourth-order valence-electron chi connectivity index (χ4n) is 3.39. The van der Waals surface area contributed by atoms with Crippen molar-refractivity contribution in [1.82, 2.24) is 35.7 Å². The van der Waals surface area contributed by atoms with Crippen molar-refractivity contribution in [1.29, 1.82) is 0 Å². The van der Waals surface area contributed by atoms with Crippen LogP contribution in [-0.2, 0) is 31.7 Å². The third kappa shape index (κ3) is 4.09. The number of nitrogens with one attached hydrogen (secondary N) is 2. The van der Waals surface area contributed by atoms with Crippen LogP contribution in [0.1, 0.15) is 45.1 Å². The van der Waals surface area contributed by atoms with Gasteiger partial charge in [0.25, 0.3) is 5.91 Å². The summed E-state index contributed by atoms with van der Waals surface area (Å²) in [4.78, 5) is 12.6. The Kier molecular flexibility index (Phi) is 4.94. The van der Waals surface area contributed by atoms with Crippen LogP contribution in [0.5, 0.6) is 0 Å². The Bertz CT molecular complexity index is 1090. The Balaban J connectivity index is 1.75. The summed E-state index contributed by atoms with van der Waals surface area (Å²) in [6.07, 6.45) is -8.61. The van der Waals surface area contributed by atoms with Gasteiger partial charge >= 0.3 is 12.4 Å². The van der Waals surface area contributed by atoms with E-state index in [4.69, 9.17) is 0 Å². The molecule has 3 aromatic rings. The highest BCUT2D eigenvalue weighted by Crippen LogP contribution is 2.38. The third-order valence-electron chi connectivity index (χ3n) is 4.76. The van der Waals surface area contributed by atoms with Crippen molar-refractivity contribution in [3.05, 3.63) is 52.1 Å². The zero-order valence-corrected chi connectivity index (χ0v) is 15.5. The Labute approximate surface area is 169 Å². The lowest BCUT2D eigenvalue weighted by Gasteiger charge is -2.15. The zero-order chi connectivity index (χ0) is 22.4. The first-order valence-electron chi connectivity index (χ1n) is 8.95. The molecule has 0 saturated heterocycles. The van der Waals surface area contributed by atoms with Crippen LogP contribution in [0.4, 0.5) is 26.3 Å². The molecule has 0 spiro atoms. The molecule has 1 amide bonds. The van der Waals surface area contributed by atoms with E-state index in [1.807, 2.05) is 0 Å². The van der Waals surface area contributed by atoms with Gasteiger partial charge in [-0.2, -0.15) is 36.7 Å². The van der Waals surface area contributed by atoms with Gasteiger partial charge in [0.1, 0.15) is 0 Å². The van der Waals surface area contributed by atoms with Gasteiger partial charge in [-0.3, -0.25) is 4.79 Å². The number of fused-ring (bicyclic) bond motifs is 1. The van der Waals surface area contributed by atoms with Crippen LogP contribution in [0.15, 0.2) is 18.2 Å². The highest BCUT2D eigenvalue weighted by Gasteiger charge is 2.38. The SMILES string of the molecule is O=C(NCc1nn[nH]n1)c1nn(-c2cc(C(F)(F)F)cc(C(F)(F)F)c2)c2c1CCC2. The molecular weight excluding hydrogens is 432 g/mol. The number of aromatic nitrogens is 6. The average Bonchev–Trinajstić information content (AvgIpc) is 3.42. The van der Waals surface area contributed by atoms with Crippen LogP contribution >= 0.6 is 0 Å². The van der Waals surface area contributed by atoms with Crippen LogP contribution in [0.25, 0.3) is 5.69 Å².